The Balaban J connectivity index is 1.38. The van der Waals surface area contributed by atoms with Gasteiger partial charge in [-0.15, -0.1) is 0 Å². The zero-order chi connectivity index (χ0) is 21.5. The number of hydrogen-bond donors (Lipinski definition) is 1. The summed E-state index contributed by atoms with van der Waals surface area (Å²) in [4.78, 5) is 40.2. The van der Waals surface area contributed by atoms with Gasteiger partial charge in [0, 0.05) is 50.8 Å². The second kappa shape index (κ2) is 9.96. The van der Waals surface area contributed by atoms with Crippen LogP contribution in [0.1, 0.15) is 33.6 Å². The second-order valence-electron chi connectivity index (χ2n) is 7.02. The Morgan fingerprint density at radius 3 is 2.23 bits per heavy atom. The summed E-state index contributed by atoms with van der Waals surface area (Å²) < 4.78 is 26.5. The molecule has 1 saturated heterocycles. The summed E-state index contributed by atoms with van der Waals surface area (Å²) in [5.74, 6) is -2.41. The van der Waals surface area contributed by atoms with Crippen LogP contribution in [0.5, 0.6) is 0 Å². The molecule has 3 rings (SSSR count). The molecule has 6 nitrogen and oxygen atoms in total. The van der Waals surface area contributed by atoms with Crippen molar-refractivity contribution in [3.05, 3.63) is 71.3 Å². The summed E-state index contributed by atoms with van der Waals surface area (Å²) in [6.07, 6.45) is 0.634. The number of amides is 3. The molecule has 1 aliphatic rings. The fourth-order valence-corrected chi connectivity index (χ4v) is 3.29. The van der Waals surface area contributed by atoms with E-state index in [1.807, 2.05) is 18.2 Å². The van der Waals surface area contributed by atoms with Gasteiger partial charge in [0.2, 0.25) is 5.91 Å². The molecule has 0 bridgehead atoms. The maximum absolute atomic E-state index is 13.6. The number of rotatable bonds is 6. The predicted molar refractivity (Wildman–Crippen MR) is 107 cm³/mol. The average Bonchev–Trinajstić information content (AvgIpc) is 2.76. The molecule has 1 heterocycles. The smallest absolute Gasteiger partial charge is 0.254 e. The van der Waals surface area contributed by atoms with Crippen LogP contribution in [0, 0.1) is 11.6 Å². The Morgan fingerprint density at radius 2 is 1.57 bits per heavy atom. The molecule has 0 aromatic heterocycles. The molecule has 0 aliphatic carbocycles. The average molecular weight is 415 g/mol. The lowest BCUT2D eigenvalue weighted by Crippen LogP contribution is -2.50. The molecule has 0 atom stereocenters. The van der Waals surface area contributed by atoms with Crippen molar-refractivity contribution in [2.45, 2.75) is 12.8 Å². The molecule has 1 N–H and O–H groups in total. The van der Waals surface area contributed by atoms with Crippen LogP contribution in [0.4, 0.5) is 8.78 Å². The summed E-state index contributed by atoms with van der Waals surface area (Å²) in [7, 11) is 0. The molecule has 0 radical (unpaired) electrons. The first-order valence-electron chi connectivity index (χ1n) is 9.81. The fourth-order valence-electron chi connectivity index (χ4n) is 3.29. The van der Waals surface area contributed by atoms with Crippen molar-refractivity contribution in [3.8, 4) is 0 Å². The van der Waals surface area contributed by atoms with Gasteiger partial charge in [0.1, 0.15) is 11.6 Å². The van der Waals surface area contributed by atoms with Crippen LogP contribution in [0.15, 0.2) is 48.5 Å². The Kier molecular flexibility index (Phi) is 7.11. The number of nitrogens with zero attached hydrogens (tertiary/aromatic N) is 2. The van der Waals surface area contributed by atoms with E-state index in [9.17, 15) is 23.2 Å². The van der Waals surface area contributed by atoms with Crippen molar-refractivity contribution >= 4 is 17.7 Å². The van der Waals surface area contributed by atoms with Crippen molar-refractivity contribution in [2.24, 2.45) is 0 Å². The molecule has 2 aromatic carbocycles. The molecular weight excluding hydrogens is 392 g/mol. The maximum Gasteiger partial charge on any atom is 0.254 e. The molecule has 3 amide bonds. The van der Waals surface area contributed by atoms with E-state index in [0.29, 0.717) is 44.2 Å². The predicted octanol–water partition coefficient (Wildman–Crippen LogP) is 2.46. The van der Waals surface area contributed by atoms with E-state index in [1.165, 1.54) is 0 Å². The quantitative estimate of drug-likeness (QED) is 0.737. The Morgan fingerprint density at radius 1 is 0.900 bits per heavy atom. The van der Waals surface area contributed by atoms with Gasteiger partial charge in [-0.3, -0.25) is 14.4 Å². The number of piperazine rings is 1. The van der Waals surface area contributed by atoms with Crippen molar-refractivity contribution in [2.75, 3.05) is 32.7 Å². The van der Waals surface area contributed by atoms with Gasteiger partial charge < -0.3 is 15.1 Å². The number of hydrogen-bond acceptors (Lipinski definition) is 3. The Bertz CT molecular complexity index is 913. The number of carbonyl (C=O) groups is 3. The van der Waals surface area contributed by atoms with Crippen LogP contribution in [0.2, 0.25) is 0 Å². The van der Waals surface area contributed by atoms with Crippen LogP contribution in [-0.2, 0) is 4.79 Å². The molecule has 1 aliphatic heterocycles. The number of nitrogens with one attached hydrogen (secondary N) is 1. The van der Waals surface area contributed by atoms with Crippen LogP contribution in [0.25, 0.3) is 0 Å². The van der Waals surface area contributed by atoms with Crippen molar-refractivity contribution in [1.82, 2.24) is 15.1 Å². The summed E-state index contributed by atoms with van der Waals surface area (Å²) in [5, 5.41) is 2.53. The van der Waals surface area contributed by atoms with E-state index >= 15 is 0 Å². The molecule has 0 unspecified atom stereocenters. The monoisotopic (exact) mass is 415 g/mol. The maximum atomic E-state index is 13.6. The highest BCUT2D eigenvalue weighted by atomic mass is 19.1. The van der Waals surface area contributed by atoms with Gasteiger partial charge in [0.25, 0.3) is 11.8 Å². The lowest BCUT2D eigenvalue weighted by atomic mass is 10.1. The molecule has 0 saturated carbocycles. The van der Waals surface area contributed by atoms with Gasteiger partial charge in [-0.2, -0.15) is 0 Å². The van der Waals surface area contributed by atoms with Gasteiger partial charge >= 0.3 is 0 Å². The largest absolute Gasteiger partial charge is 0.352 e. The van der Waals surface area contributed by atoms with Crippen molar-refractivity contribution in [1.29, 1.82) is 0 Å². The van der Waals surface area contributed by atoms with Crippen molar-refractivity contribution in [3.63, 3.8) is 0 Å². The third-order valence-electron chi connectivity index (χ3n) is 4.97. The van der Waals surface area contributed by atoms with Crippen molar-refractivity contribution < 1.29 is 23.2 Å². The molecular formula is C22H23F2N3O3. The second-order valence-corrected chi connectivity index (χ2v) is 7.02. The summed E-state index contributed by atoms with van der Waals surface area (Å²) in [6.45, 7) is 2.07. The fraction of sp³-hybridized carbons (Fsp3) is 0.318. The minimum atomic E-state index is -0.925. The van der Waals surface area contributed by atoms with Crippen LogP contribution in [-0.4, -0.2) is 60.2 Å². The number of benzene rings is 2. The molecule has 8 heteroatoms. The zero-order valence-electron chi connectivity index (χ0n) is 16.4. The minimum Gasteiger partial charge on any atom is -0.352 e. The van der Waals surface area contributed by atoms with Gasteiger partial charge in [-0.1, -0.05) is 18.2 Å². The lowest BCUT2D eigenvalue weighted by molar-refractivity contribution is -0.132. The highest BCUT2D eigenvalue weighted by Gasteiger charge is 2.24. The van der Waals surface area contributed by atoms with Gasteiger partial charge in [0.05, 0.1) is 5.56 Å². The summed E-state index contributed by atoms with van der Waals surface area (Å²) in [6, 6.07) is 11.8. The standard InChI is InChI=1S/C22H23F2N3O3/c23-17-8-9-18(19(24)15-17)21(29)25-10-4-7-20(28)26-11-13-27(14-12-26)22(30)16-5-2-1-3-6-16/h1-3,5-6,8-9,15H,4,7,10-14H2,(H,25,29). The van der Waals surface area contributed by atoms with Gasteiger partial charge in [-0.25, -0.2) is 8.78 Å². The van der Waals surface area contributed by atoms with Gasteiger partial charge in [0.15, 0.2) is 0 Å². The third kappa shape index (κ3) is 5.40. The Hall–Kier alpha value is -3.29. The number of halogens is 2. The van der Waals surface area contributed by atoms with E-state index in [0.717, 1.165) is 12.1 Å². The third-order valence-corrected chi connectivity index (χ3v) is 4.97. The molecule has 1 fully saturated rings. The first kappa shape index (κ1) is 21.4. The van der Waals surface area contributed by atoms with E-state index in [-0.39, 0.29) is 30.3 Å². The minimum absolute atomic E-state index is 0.0431. The van der Waals surface area contributed by atoms with E-state index in [4.69, 9.17) is 0 Å². The molecule has 0 spiro atoms. The first-order valence-corrected chi connectivity index (χ1v) is 9.81. The lowest BCUT2D eigenvalue weighted by Gasteiger charge is -2.35. The summed E-state index contributed by atoms with van der Waals surface area (Å²) in [5.41, 5.74) is 0.396. The molecule has 30 heavy (non-hydrogen) atoms. The normalized spacial score (nSPS) is 13.8. The Labute approximate surface area is 173 Å². The summed E-state index contributed by atoms with van der Waals surface area (Å²) >= 11 is 0. The zero-order valence-corrected chi connectivity index (χ0v) is 16.4. The van der Waals surface area contributed by atoms with E-state index in [1.54, 1.807) is 21.9 Å². The van der Waals surface area contributed by atoms with Crippen LogP contribution in [0.3, 0.4) is 0 Å². The molecule has 158 valence electrons. The molecule has 2 aromatic rings. The highest BCUT2D eigenvalue weighted by molar-refractivity contribution is 5.95. The number of carbonyl (C=O) groups excluding carboxylic acids is 3. The van der Waals surface area contributed by atoms with Crippen LogP contribution < -0.4 is 5.32 Å². The van der Waals surface area contributed by atoms with E-state index in [2.05, 4.69) is 5.32 Å². The van der Waals surface area contributed by atoms with E-state index < -0.39 is 17.5 Å². The SMILES string of the molecule is O=C(NCCCC(=O)N1CCN(C(=O)c2ccccc2)CC1)c1ccc(F)cc1F. The van der Waals surface area contributed by atoms with Gasteiger partial charge in [-0.05, 0) is 30.7 Å². The van der Waals surface area contributed by atoms with Crippen LogP contribution >= 0.6 is 0 Å². The topological polar surface area (TPSA) is 69.7 Å². The first-order chi connectivity index (χ1) is 14.5. The highest BCUT2D eigenvalue weighted by Crippen LogP contribution is 2.11.